The third kappa shape index (κ3) is 3.30. The van der Waals surface area contributed by atoms with E-state index in [1.807, 2.05) is 0 Å². The van der Waals surface area contributed by atoms with Crippen LogP contribution in [0, 0.1) is 0 Å². The van der Waals surface area contributed by atoms with Crippen molar-refractivity contribution in [2.75, 3.05) is 0 Å². The Balaban J connectivity index is 2.56. The van der Waals surface area contributed by atoms with Gasteiger partial charge in [-0.25, -0.2) is 0 Å². The van der Waals surface area contributed by atoms with E-state index in [0.29, 0.717) is 15.7 Å². The molecule has 0 radical (unpaired) electrons. The number of nitrogens with zero attached hydrogens (tertiary/aromatic N) is 1. The molecule has 1 aromatic carbocycles. The first-order valence-electron chi connectivity index (χ1n) is 5.95. The van der Waals surface area contributed by atoms with Gasteiger partial charge in [-0.3, -0.25) is 9.36 Å². The molecule has 0 fully saturated rings. The number of halogens is 3. The van der Waals surface area contributed by atoms with E-state index in [0.717, 1.165) is 18.2 Å². The summed E-state index contributed by atoms with van der Waals surface area (Å²) in [7, 11) is 0. The molecule has 1 heterocycles. The van der Waals surface area contributed by atoms with Gasteiger partial charge in [-0.15, -0.1) is 0 Å². The van der Waals surface area contributed by atoms with Crippen molar-refractivity contribution < 1.29 is 13.2 Å². The number of nitrogens with two attached hydrogens (primary N) is 1. The van der Waals surface area contributed by atoms with E-state index < -0.39 is 17.4 Å². The molecule has 0 aliphatic rings. The molecule has 7 heteroatoms. The van der Waals surface area contributed by atoms with Crippen molar-refractivity contribution in [3.8, 4) is 0 Å². The second-order valence-corrected chi connectivity index (χ2v) is 4.79. The lowest BCUT2D eigenvalue weighted by Crippen LogP contribution is -2.28. The molecule has 0 saturated carbocycles. The summed E-state index contributed by atoms with van der Waals surface area (Å²) >= 11 is 4.87. The second-order valence-electron chi connectivity index (χ2n) is 4.35. The van der Waals surface area contributed by atoms with Crippen molar-refractivity contribution in [3.05, 3.63) is 69.6 Å². The highest BCUT2D eigenvalue weighted by atomic mass is 32.1. The summed E-state index contributed by atoms with van der Waals surface area (Å²) in [6.07, 6.45) is -4.61. The van der Waals surface area contributed by atoms with Gasteiger partial charge in [0, 0.05) is 11.6 Å². The van der Waals surface area contributed by atoms with Crippen molar-refractivity contribution >= 4 is 17.2 Å². The third-order valence-electron chi connectivity index (χ3n) is 2.95. The topological polar surface area (TPSA) is 48.0 Å². The van der Waals surface area contributed by atoms with Gasteiger partial charge < -0.3 is 5.73 Å². The van der Waals surface area contributed by atoms with Gasteiger partial charge in [0.15, 0.2) is 0 Å². The first kappa shape index (κ1) is 15.2. The maximum absolute atomic E-state index is 13.0. The van der Waals surface area contributed by atoms with Crippen LogP contribution >= 0.6 is 12.2 Å². The lowest BCUT2D eigenvalue weighted by atomic mass is 10.1. The SMILES string of the molecule is NC(=S)c1ccccc1Cn1c(C(F)(F)F)cccc1=O. The van der Waals surface area contributed by atoms with Gasteiger partial charge in [-0.2, -0.15) is 13.2 Å². The quantitative estimate of drug-likeness (QED) is 0.886. The molecule has 0 spiro atoms. The zero-order valence-electron chi connectivity index (χ0n) is 10.7. The van der Waals surface area contributed by atoms with Gasteiger partial charge >= 0.3 is 6.18 Å². The molecule has 2 rings (SSSR count). The van der Waals surface area contributed by atoms with E-state index in [1.165, 1.54) is 0 Å². The van der Waals surface area contributed by atoms with Gasteiger partial charge in [0.2, 0.25) is 0 Å². The summed E-state index contributed by atoms with van der Waals surface area (Å²) in [5, 5.41) is 0. The number of aromatic nitrogens is 1. The molecule has 1 aromatic heterocycles. The van der Waals surface area contributed by atoms with Crippen LogP contribution in [-0.2, 0) is 12.7 Å². The van der Waals surface area contributed by atoms with E-state index in [1.54, 1.807) is 24.3 Å². The predicted octanol–water partition coefficient (Wildman–Crippen LogP) is 2.55. The Bertz CT molecular complexity index is 737. The van der Waals surface area contributed by atoms with Gasteiger partial charge in [0.1, 0.15) is 10.7 Å². The molecule has 0 atom stereocenters. The number of hydrogen-bond donors (Lipinski definition) is 1. The lowest BCUT2D eigenvalue weighted by molar-refractivity contribution is -0.144. The minimum atomic E-state index is -4.61. The van der Waals surface area contributed by atoms with Crippen LogP contribution in [0.4, 0.5) is 13.2 Å². The van der Waals surface area contributed by atoms with Crippen LogP contribution in [0.2, 0.25) is 0 Å². The Morgan fingerprint density at radius 1 is 1.14 bits per heavy atom. The first-order valence-corrected chi connectivity index (χ1v) is 6.36. The zero-order valence-corrected chi connectivity index (χ0v) is 11.5. The average Bonchev–Trinajstić information content (AvgIpc) is 2.40. The molecule has 0 amide bonds. The normalized spacial score (nSPS) is 11.4. The fraction of sp³-hybridized carbons (Fsp3) is 0.143. The van der Waals surface area contributed by atoms with Crippen LogP contribution in [0.1, 0.15) is 16.8 Å². The summed E-state index contributed by atoms with van der Waals surface area (Å²) in [5.41, 5.74) is 4.73. The lowest BCUT2D eigenvalue weighted by Gasteiger charge is -2.16. The molecule has 0 aliphatic heterocycles. The van der Waals surface area contributed by atoms with Crippen molar-refractivity contribution in [1.29, 1.82) is 0 Å². The summed E-state index contributed by atoms with van der Waals surface area (Å²) in [6, 6.07) is 9.56. The minimum absolute atomic E-state index is 0.0724. The van der Waals surface area contributed by atoms with Crippen LogP contribution in [0.25, 0.3) is 0 Å². The Morgan fingerprint density at radius 3 is 2.43 bits per heavy atom. The molecular formula is C14H11F3N2OS. The van der Waals surface area contributed by atoms with E-state index in [-0.39, 0.29) is 11.5 Å². The van der Waals surface area contributed by atoms with Crippen LogP contribution in [0.3, 0.4) is 0 Å². The minimum Gasteiger partial charge on any atom is -0.389 e. The van der Waals surface area contributed by atoms with E-state index in [9.17, 15) is 18.0 Å². The maximum Gasteiger partial charge on any atom is 0.431 e. The monoisotopic (exact) mass is 312 g/mol. The molecule has 110 valence electrons. The number of pyridine rings is 1. The molecule has 0 bridgehead atoms. The van der Waals surface area contributed by atoms with E-state index >= 15 is 0 Å². The number of benzene rings is 1. The Hall–Kier alpha value is -2.15. The van der Waals surface area contributed by atoms with Crippen LogP contribution in [0.5, 0.6) is 0 Å². The fourth-order valence-corrected chi connectivity index (χ4v) is 2.20. The van der Waals surface area contributed by atoms with Gasteiger partial charge in [-0.05, 0) is 11.6 Å². The average molecular weight is 312 g/mol. The number of rotatable bonds is 3. The summed E-state index contributed by atoms with van der Waals surface area (Å²) in [4.78, 5) is 11.8. The fourth-order valence-electron chi connectivity index (χ4n) is 2.00. The molecule has 2 aromatic rings. The van der Waals surface area contributed by atoms with Crippen molar-refractivity contribution in [2.24, 2.45) is 5.73 Å². The van der Waals surface area contributed by atoms with Crippen LogP contribution < -0.4 is 11.3 Å². The Labute approximate surface area is 123 Å². The number of thiocarbonyl (C=S) groups is 1. The highest BCUT2D eigenvalue weighted by molar-refractivity contribution is 7.80. The number of hydrogen-bond acceptors (Lipinski definition) is 2. The molecular weight excluding hydrogens is 301 g/mol. The summed E-state index contributed by atoms with van der Waals surface area (Å²) in [6.45, 7) is -0.248. The summed E-state index contributed by atoms with van der Waals surface area (Å²) in [5.74, 6) is 0. The highest BCUT2D eigenvalue weighted by Crippen LogP contribution is 2.28. The molecule has 21 heavy (non-hydrogen) atoms. The van der Waals surface area contributed by atoms with Gasteiger partial charge in [-0.1, -0.05) is 42.5 Å². The largest absolute Gasteiger partial charge is 0.431 e. The Kier molecular flexibility index (Phi) is 4.13. The number of alkyl halides is 3. The smallest absolute Gasteiger partial charge is 0.389 e. The van der Waals surface area contributed by atoms with Crippen molar-refractivity contribution in [1.82, 2.24) is 4.57 Å². The summed E-state index contributed by atoms with van der Waals surface area (Å²) < 4.78 is 39.6. The molecule has 0 aliphatic carbocycles. The van der Waals surface area contributed by atoms with Crippen molar-refractivity contribution in [3.63, 3.8) is 0 Å². The molecule has 0 saturated heterocycles. The standard InChI is InChI=1S/C14H11F3N2OS/c15-14(16,17)11-6-3-7-12(20)19(11)8-9-4-1-2-5-10(9)13(18)21/h1-7H,8H2,(H2,18,21). The van der Waals surface area contributed by atoms with Crippen LogP contribution in [0.15, 0.2) is 47.3 Å². The Morgan fingerprint density at radius 2 is 1.81 bits per heavy atom. The molecule has 0 unspecified atom stereocenters. The highest BCUT2D eigenvalue weighted by Gasteiger charge is 2.34. The zero-order chi connectivity index (χ0) is 15.6. The van der Waals surface area contributed by atoms with E-state index in [4.69, 9.17) is 18.0 Å². The van der Waals surface area contributed by atoms with E-state index in [2.05, 4.69) is 0 Å². The molecule has 2 N–H and O–H groups in total. The van der Waals surface area contributed by atoms with Gasteiger partial charge in [0.25, 0.3) is 5.56 Å². The van der Waals surface area contributed by atoms with Crippen LogP contribution in [-0.4, -0.2) is 9.56 Å². The van der Waals surface area contributed by atoms with Crippen molar-refractivity contribution in [2.45, 2.75) is 12.7 Å². The maximum atomic E-state index is 13.0. The first-order chi connectivity index (χ1) is 9.80. The third-order valence-corrected chi connectivity index (χ3v) is 3.17. The molecule has 3 nitrogen and oxygen atoms in total. The predicted molar refractivity (Wildman–Crippen MR) is 77.1 cm³/mol. The van der Waals surface area contributed by atoms with Gasteiger partial charge in [0.05, 0.1) is 6.54 Å². The second kappa shape index (κ2) is 5.69.